The molecular formula is C7H14O5S. The molecule has 5 nitrogen and oxygen atoms in total. The number of carboxylic acid groups (broad SMARTS) is 1. The van der Waals surface area contributed by atoms with Crippen molar-refractivity contribution in [2.75, 3.05) is 19.5 Å². The molecule has 0 amide bonds. The smallest absolute Gasteiger partial charge is 0.324 e. The summed E-state index contributed by atoms with van der Waals surface area (Å²) in [5.41, 5.74) is 0. The molecule has 78 valence electrons. The van der Waals surface area contributed by atoms with Crippen LogP contribution in [0.3, 0.4) is 0 Å². The average Bonchev–Trinajstić information content (AvgIpc) is 2.00. The number of methoxy groups -OCH3 is 1. The normalized spacial score (nSPS) is 12.8. The van der Waals surface area contributed by atoms with Crippen LogP contribution in [-0.2, 0) is 19.4 Å². The van der Waals surface area contributed by atoms with Crippen molar-refractivity contribution in [3.8, 4) is 0 Å². The van der Waals surface area contributed by atoms with Crippen LogP contribution in [0.2, 0.25) is 0 Å². The van der Waals surface area contributed by atoms with E-state index in [0.717, 1.165) is 0 Å². The monoisotopic (exact) mass is 210 g/mol. The highest BCUT2D eigenvalue weighted by Crippen LogP contribution is 2.17. The van der Waals surface area contributed by atoms with Gasteiger partial charge >= 0.3 is 5.97 Å². The van der Waals surface area contributed by atoms with Gasteiger partial charge in [0.2, 0.25) is 0 Å². The molecule has 0 aromatic heterocycles. The number of aliphatic carboxylic acids is 1. The Kier molecular flexibility index (Phi) is 3.87. The molecule has 1 N–H and O–H groups in total. The third-order valence-electron chi connectivity index (χ3n) is 1.85. The van der Waals surface area contributed by atoms with Gasteiger partial charge in [0.05, 0.1) is 12.4 Å². The van der Waals surface area contributed by atoms with E-state index in [0.29, 0.717) is 0 Å². The molecule has 13 heavy (non-hydrogen) atoms. The quantitative estimate of drug-likeness (QED) is 0.686. The SMILES string of the molecule is COCCS(=O)(=O)C(C)(C)C(=O)O. The van der Waals surface area contributed by atoms with Gasteiger partial charge in [0.15, 0.2) is 14.6 Å². The largest absolute Gasteiger partial charge is 0.480 e. The molecular weight excluding hydrogens is 196 g/mol. The van der Waals surface area contributed by atoms with Crippen molar-refractivity contribution in [3.63, 3.8) is 0 Å². The predicted molar refractivity (Wildman–Crippen MR) is 47.4 cm³/mol. The summed E-state index contributed by atoms with van der Waals surface area (Å²) >= 11 is 0. The van der Waals surface area contributed by atoms with Gasteiger partial charge in [0.25, 0.3) is 0 Å². The first-order chi connectivity index (χ1) is 5.75. The molecule has 0 rings (SSSR count). The number of hydrogen-bond donors (Lipinski definition) is 1. The van der Waals surface area contributed by atoms with Gasteiger partial charge in [0, 0.05) is 7.11 Å². The number of sulfone groups is 1. The number of ether oxygens (including phenoxy) is 1. The molecule has 0 spiro atoms. The molecule has 0 heterocycles. The van der Waals surface area contributed by atoms with E-state index in [4.69, 9.17) is 5.11 Å². The van der Waals surface area contributed by atoms with Gasteiger partial charge in [-0.15, -0.1) is 0 Å². The van der Waals surface area contributed by atoms with Crippen molar-refractivity contribution in [1.29, 1.82) is 0 Å². The molecule has 0 aliphatic heterocycles. The van der Waals surface area contributed by atoms with Gasteiger partial charge in [-0.1, -0.05) is 0 Å². The molecule has 0 unspecified atom stereocenters. The van der Waals surface area contributed by atoms with Gasteiger partial charge in [-0.25, -0.2) is 8.42 Å². The molecule has 0 aromatic rings. The standard InChI is InChI=1S/C7H14O5S/c1-7(2,6(8)9)13(10,11)5-4-12-3/h4-5H2,1-3H3,(H,8,9). The Morgan fingerprint density at radius 3 is 2.23 bits per heavy atom. The zero-order valence-electron chi connectivity index (χ0n) is 7.90. The average molecular weight is 210 g/mol. The zero-order chi connectivity index (χ0) is 10.7. The lowest BCUT2D eigenvalue weighted by atomic mass is 10.2. The van der Waals surface area contributed by atoms with Gasteiger partial charge in [-0.3, -0.25) is 4.79 Å². The Bertz CT molecular complexity index is 277. The molecule has 0 fully saturated rings. The summed E-state index contributed by atoms with van der Waals surface area (Å²) in [6.45, 7) is 2.35. The van der Waals surface area contributed by atoms with Crippen LogP contribution in [0.15, 0.2) is 0 Å². The Hall–Kier alpha value is -0.620. The molecule has 0 saturated carbocycles. The van der Waals surface area contributed by atoms with E-state index < -0.39 is 20.6 Å². The lowest BCUT2D eigenvalue weighted by Gasteiger charge is -2.19. The first-order valence-corrected chi connectivity index (χ1v) is 5.35. The van der Waals surface area contributed by atoms with Crippen molar-refractivity contribution in [3.05, 3.63) is 0 Å². The molecule has 0 saturated heterocycles. The summed E-state index contributed by atoms with van der Waals surface area (Å²) in [6, 6.07) is 0. The number of carbonyl (C=O) groups is 1. The summed E-state index contributed by atoms with van der Waals surface area (Å²) in [7, 11) is -2.28. The van der Waals surface area contributed by atoms with E-state index in [1.54, 1.807) is 0 Å². The first-order valence-electron chi connectivity index (χ1n) is 3.70. The van der Waals surface area contributed by atoms with Gasteiger partial charge in [0.1, 0.15) is 0 Å². The fourth-order valence-corrected chi connectivity index (χ4v) is 1.74. The Balaban J connectivity index is 4.73. The Morgan fingerprint density at radius 2 is 1.92 bits per heavy atom. The van der Waals surface area contributed by atoms with Crippen LogP contribution < -0.4 is 0 Å². The van der Waals surface area contributed by atoms with Crippen molar-refractivity contribution in [2.45, 2.75) is 18.6 Å². The van der Waals surface area contributed by atoms with Crippen molar-refractivity contribution in [2.24, 2.45) is 0 Å². The van der Waals surface area contributed by atoms with Crippen molar-refractivity contribution >= 4 is 15.8 Å². The second kappa shape index (κ2) is 4.06. The third-order valence-corrected chi connectivity index (χ3v) is 4.28. The molecule has 0 bridgehead atoms. The lowest BCUT2D eigenvalue weighted by molar-refractivity contribution is -0.139. The summed E-state index contributed by atoms with van der Waals surface area (Å²) in [6.07, 6.45) is 0. The predicted octanol–water partition coefficient (Wildman–Crippen LogP) is -0.0892. The van der Waals surface area contributed by atoms with Crippen molar-refractivity contribution < 1.29 is 23.1 Å². The van der Waals surface area contributed by atoms with Crippen LogP contribution in [0.5, 0.6) is 0 Å². The molecule has 6 heteroatoms. The molecule has 0 aliphatic rings. The fraction of sp³-hybridized carbons (Fsp3) is 0.857. The molecule has 0 atom stereocenters. The number of carboxylic acids is 1. The summed E-state index contributed by atoms with van der Waals surface area (Å²) < 4.78 is 25.6. The van der Waals surface area contributed by atoms with Crippen LogP contribution in [0, 0.1) is 0 Å². The summed E-state index contributed by atoms with van der Waals surface area (Å²) in [4.78, 5) is 10.6. The van der Waals surface area contributed by atoms with E-state index in [-0.39, 0.29) is 12.4 Å². The maximum Gasteiger partial charge on any atom is 0.324 e. The minimum Gasteiger partial charge on any atom is -0.480 e. The Morgan fingerprint density at radius 1 is 1.46 bits per heavy atom. The summed E-state index contributed by atoms with van der Waals surface area (Å²) in [5.74, 6) is -1.62. The van der Waals surface area contributed by atoms with Crippen LogP contribution in [0.4, 0.5) is 0 Å². The second-order valence-corrected chi connectivity index (χ2v) is 5.79. The van der Waals surface area contributed by atoms with E-state index >= 15 is 0 Å². The maximum absolute atomic E-state index is 11.4. The van der Waals surface area contributed by atoms with Crippen LogP contribution in [0.1, 0.15) is 13.8 Å². The second-order valence-electron chi connectivity index (χ2n) is 3.13. The number of hydrogen-bond acceptors (Lipinski definition) is 4. The van der Waals surface area contributed by atoms with Crippen LogP contribution in [0.25, 0.3) is 0 Å². The Labute approximate surface area is 77.6 Å². The first kappa shape index (κ1) is 12.4. The minimum atomic E-state index is -3.65. The van der Waals surface area contributed by atoms with E-state index in [2.05, 4.69) is 4.74 Å². The zero-order valence-corrected chi connectivity index (χ0v) is 8.72. The summed E-state index contributed by atoms with van der Waals surface area (Å²) in [5, 5.41) is 8.66. The fourth-order valence-electron chi connectivity index (χ4n) is 0.581. The van der Waals surface area contributed by atoms with Gasteiger partial charge < -0.3 is 9.84 Å². The third kappa shape index (κ3) is 2.67. The van der Waals surface area contributed by atoms with E-state index in [1.807, 2.05) is 0 Å². The van der Waals surface area contributed by atoms with E-state index in [1.165, 1.54) is 21.0 Å². The van der Waals surface area contributed by atoms with Gasteiger partial charge in [-0.05, 0) is 13.8 Å². The topological polar surface area (TPSA) is 80.7 Å². The minimum absolute atomic E-state index is 0.0129. The highest BCUT2D eigenvalue weighted by Gasteiger charge is 2.41. The van der Waals surface area contributed by atoms with Crippen molar-refractivity contribution in [1.82, 2.24) is 0 Å². The van der Waals surface area contributed by atoms with Crippen LogP contribution in [-0.4, -0.2) is 43.7 Å². The highest BCUT2D eigenvalue weighted by atomic mass is 32.2. The molecule has 0 aromatic carbocycles. The van der Waals surface area contributed by atoms with Crippen LogP contribution >= 0.6 is 0 Å². The van der Waals surface area contributed by atoms with E-state index in [9.17, 15) is 13.2 Å². The van der Waals surface area contributed by atoms with Gasteiger partial charge in [-0.2, -0.15) is 0 Å². The molecule has 0 aliphatic carbocycles. The lowest BCUT2D eigenvalue weighted by Crippen LogP contribution is -2.42. The highest BCUT2D eigenvalue weighted by molar-refractivity contribution is 7.93. The molecule has 0 radical (unpaired) electrons. The maximum atomic E-state index is 11.4. The number of rotatable bonds is 5.